The topological polar surface area (TPSA) is 83.5 Å². The average molecular weight is 195 g/mol. The van der Waals surface area contributed by atoms with Crippen LogP contribution < -0.4 is 5.73 Å². The van der Waals surface area contributed by atoms with Crippen molar-refractivity contribution in [3.05, 3.63) is 34.9 Å². The second-order valence-corrected chi connectivity index (χ2v) is 3.13. The minimum absolute atomic E-state index is 0.159. The van der Waals surface area contributed by atoms with E-state index >= 15 is 0 Å². The van der Waals surface area contributed by atoms with E-state index in [1.807, 2.05) is 0 Å². The molecular formula is C10H13NO3. The van der Waals surface area contributed by atoms with Crippen LogP contribution in [0.15, 0.2) is 18.2 Å². The minimum atomic E-state index is -1.02. The molecule has 0 bridgehead atoms. The zero-order chi connectivity index (χ0) is 10.7. The van der Waals surface area contributed by atoms with Gasteiger partial charge in [0, 0.05) is 0 Å². The third kappa shape index (κ3) is 1.92. The van der Waals surface area contributed by atoms with Crippen LogP contribution in [0.2, 0.25) is 0 Å². The quantitative estimate of drug-likeness (QED) is 0.662. The molecule has 0 saturated carbocycles. The van der Waals surface area contributed by atoms with Gasteiger partial charge in [0.1, 0.15) is 0 Å². The molecule has 1 atom stereocenters. The molecule has 76 valence electrons. The van der Waals surface area contributed by atoms with Crippen molar-refractivity contribution in [2.45, 2.75) is 13.0 Å². The van der Waals surface area contributed by atoms with Gasteiger partial charge in [0.25, 0.3) is 0 Å². The zero-order valence-electron chi connectivity index (χ0n) is 7.90. The summed E-state index contributed by atoms with van der Waals surface area (Å²) in [4.78, 5) is 10.9. The monoisotopic (exact) mass is 195 g/mol. The minimum Gasteiger partial charge on any atom is -0.478 e. The van der Waals surface area contributed by atoms with Gasteiger partial charge in [-0.3, -0.25) is 0 Å². The largest absolute Gasteiger partial charge is 0.478 e. The summed E-state index contributed by atoms with van der Waals surface area (Å²) in [5.74, 6) is -1.02. The molecule has 1 aromatic rings. The number of carboxylic acid groups (broad SMARTS) is 1. The van der Waals surface area contributed by atoms with Crippen molar-refractivity contribution in [3.8, 4) is 0 Å². The lowest BCUT2D eigenvalue weighted by Gasteiger charge is -2.14. The van der Waals surface area contributed by atoms with E-state index in [1.54, 1.807) is 19.1 Å². The van der Waals surface area contributed by atoms with Gasteiger partial charge in [-0.05, 0) is 24.1 Å². The van der Waals surface area contributed by atoms with Crippen LogP contribution in [0.5, 0.6) is 0 Å². The van der Waals surface area contributed by atoms with Crippen molar-refractivity contribution in [1.82, 2.24) is 0 Å². The zero-order valence-corrected chi connectivity index (χ0v) is 7.90. The Balaban J connectivity index is 3.29. The number of rotatable bonds is 3. The molecule has 0 spiro atoms. The van der Waals surface area contributed by atoms with Gasteiger partial charge in [-0.25, -0.2) is 4.79 Å². The number of benzene rings is 1. The highest BCUT2D eigenvalue weighted by Gasteiger charge is 2.16. The summed E-state index contributed by atoms with van der Waals surface area (Å²) in [6.07, 6.45) is 0. The van der Waals surface area contributed by atoms with E-state index in [0.29, 0.717) is 5.56 Å². The number of carboxylic acids is 1. The van der Waals surface area contributed by atoms with Crippen LogP contribution in [-0.4, -0.2) is 22.8 Å². The van der Waals surface area contributed by atoms with Crippen molar-refractivity contribution in [2.24, 2.45) is 5.73 Å². The summed E-state index contributed by atoms with van der Waals surface area (Å²) in [6, 6.07) is 4.28. The molecule has 1 rings (SSSR count). The predicted octanol–water partition coefficient (Wildman–Crippen LogP) is 0.685. The highest BCUT2D eigenvalue weighted by atomic mass is 16.4. The van der Waals surface area contributed by atoms with Crippen LogP contribution in [0, 0.1) is 6.92 Å². The first kappa shape index (κ1) is 10.7. The molecule has 14 heavy (non-hydrogen) atoms. The Morgan fingerprint density at radius 2 is 2.21 bits per heavy atom. The molecule has 4 N–H and O–H groups in total. The molecule has 0 radical (unpaired) electrons. The van der Waals surface area contributed by atoms with Gasteiger partial charge in [-0.1, -0.05) is 12.1 Å². The normalized spacial score (nSPS) is 12.5. The van der Waals surface area contributed by atoms with Gasteiger partial charge in [0.2, 0.25) is 0 Å². The molecule has 4 heteroatoms. The van der Waals surface area contributed by atoms with Crippen LogP contribution in [0.4, 0.5) is 0 Å². The highest BCUT2D eigenvalue weighted by molar-refractivity contribution is 5.90. The summed E-state index contributed by atoms with van der Waals surface area (Å²) >= 11 is 0. The number of hydrogen-bond acceptors (Lipinski definition) is 3. The maximum atomic E-state index is 10.9. The van der Waals surface area contributed by atoms with Crippen LogP contribution >= 0.6 is 0 Å². The van der Waals surface area contributed by atoms with E-state index in [1.165, 1.54) is 6.07 Å². The number of aryl methyl sites for hydroxylation is 1. The number of aromatic carboxylic acids is 1. The molecule has 0 aliphatic heterocycles. The number of aliphatic hydroxyl groups is 1. The Kier molecular flexibility index (Phi) is 3.22. The molecule has 0 saturated heterocycles. The number of nitrogens with two attached hydrogens (primary N) is 1. The molecule has 0 amide bonds. The predicted molar refractivity (Wildman–Crippen MR) is 52.2 cm³/mol. The maximum Gasteiger partial charge on any atom is 0.336 e. The number of aliphatic hydroxyl groups excluding tert-OH is 1. The fraction of sp³-hybridized carbons (Fsp3) is 0.300. The molecule has 0 heterocycles. The van der Waals surface area contributed by atoms with E-state index in [2.05, 4.69) is 0 Å². The summed E-state index contributed by atoms with van der Waals surface area (Å²) in [7, 11) is 0. The summed E-state index contributed by atoms with van der Waals surface area (Å²) in [6.45, 7) is 1.52. The SMILES string of the molecule is Cc1cccc(C(=O)O)c1[C@H](N)CO. The van der Waals surface area contributed by atoms with E-state index < -0.39 is 12.0 Å². The lowest BCUT2D eigenvalue weighted by atomic mass is 9.96. The van der Waals surface area contributed by atoms with Gasteiger partial charge >= 0.3 is 5.97 Å². The molecular weight excluding hydrogens is 182 g/mol. The molecule has 4 nitrogen and oxygen atoms in total. The average Bonchev–Trinajstić information content (AvgIpc) is 2.16. The second kappa shape index (κ2) is 4.21. The number of hydrogen-bond donors (Lipinski definition) is 3. The molecule has 0 aromatic heterocycles. The Hall–Kier alpha value is -1.39. The van der Waals surface area contributed by atoms with Gasteiger partial charge in [-0.15, -0.1) is 0 Å². The van der Waals surface area contributed by atoms with E-state index in [9.17, 15) is 4.79 Å². The smallest absolute Gasteiger partial charge is 0.336 e. The summed E-state index contributed by atoms with van der Waals surface area (Å²) in [5.41, 5.74) is 7.07. The fourth-order valence-corrected chi connectivity index (χ4v) is 1.45. The van der Waals surface area contributed by atoms with Crippen molar-refractivity contribution in [1.29, 1.82) is 0 Å². The third-order valence-electron chi connectivity index (χ3n) is 2.12. The Bertz CT molecular complexity index is 349. The van der Waals surface area contributed by atoms with Crippen LogP contribution in [0.1, 0.15) is 27.5 Å². The summed E-state index contributed by atoms with van der Waals surface area (Å²) < 4.78 is 0. The van der Waals surface area contributed by atoms with Crippen molar-refractivity contribution in [3.63, 3.8) is 0 Å². The van der Waals surface area contributed by atoms with Gasteiger partial charge < -0.3 is 15.9 Å². The van der Waals surface area contributed by atoms with E-state index in [4.69, 9.17) is 15.9 Å². The van der Waals surface area contributed by atoms with E-state index in [0.717, 1.165) is 5.56 Å². The lowest BCUT2D eigenvalue weighted by molar-refractivity contribution is 0.0694. The van der Waals surface area contributed by atoms with E-state index in [-0.39, 0.29) is 12.2 Å². The highest BCUT2D eigenvalue weighted by Crippen LogP contribution is 2.20. The van der Waals surface area contributed by atoms with Crippen LogP contribution in [0.25, 0.3) is 0 Å². The van der Waals surface area contributed by atoms with Crippen LogP contribution in [0.3, 0.4) is 0 Å². The first-order chi connectivity index (χ1) is 6.57. The van der Waals surface area contributed by atoms with Gasteiger partial charge in [-0.2, -0.15) is 0 Å². The third-order valence-corrected chi connectivity index (χ3v) is 2.12. The molecule has 1 aromatic carbocycles. The molecule has 0 unspecified atom stereocenters. The number of carbonyl (C=O) groups is 1. The van der Waals surface area contributed by atoms with Gasteiger partial charge in [0.15, 0.2) is 0 Å². The molecule has 0 fully saturated rings. The molecule has 0 aliphatic rings. The van der Waals surface area contributed by atoms with Crippen molar-refractivity contribution in [2.75, 3.05) is 6.61 Å². The maximum absolute atomic E-state index is 10.9. The Morgan fingerprint density at radius 1 is 1.57 bits per heavy atom. The Labute approximate surface area is 82.0 Å². The molecule has 0 aliphatic carbocycles. The van der Waals surface area contributed by atoms with Gasteiger partial charge in [0.05, 0.1) is 18.2 Å². The van der Waals surface area contributed by atoms with Crippen LogP contribution in [-0.2, 0) is 0 Å². The second-order valence-electron chi connectivity index (χ2n) is 3.13. The lowest BCUT2D eigenvalue weighted by Crippen LogP contribution is -2.19. The standard InChI is InChI=1S/C10H13NO3/c1-6-3-2-4-7(10(13)14)9(6)8(11)5-12/h2-4,8,12H,5,11H2,1H3,(H,13,14)/t8-/m1/s1. The van der Waals surface area contributed by atoms with Crippen molar-refractivity contribution >= 4 is 5.97 Å². The van der Waals surface area contributed by atoms with Crippen molar-refractivity contribution < 1.29 is 15.0 Å². The Morgan fingerprint density at radius 3 is 2.71 bits per heavy atom. The first-order valence-corrected chi connectivity index (χ1v) is 4.27. The first-order valence-electron chi connectivity index (χ1n) is 4.27. The fourth-order valence-electron chi connectivity index (χ4n) is 1.45. The summed E-state index contributed by atoms with van der Waals surface area (Å²) in [5, 5.41) is 17.8.